The van der Waals surface area contributed by atoms with E-state index in [1.54, 1.807) is 49.9 Å². The van der Waals surface area contributed by atoms with Gasteiger partial charge in [0.05, 0.1) is 22.7 Å². The second kappa shape index (κ2) is 8.81. The molecule has 3 aromatic rings. The summed E-state index contributed by atoms with van der Waals surface area (Å²) in [5.74, 6) is 0.685. The van der Waals surface area contributed by atoms with E-state index in [2.05, 4.69) is 14.7 Å². The number of ether oxygens (including phenoxy) is 1. The second-order valence-electron chi connectivity index (χ2n) is 6.45. The highest BCUT2D eigenvalue weighted by molar-refractivity contribution is 7.89. The second-order valence-corrected chi connectivity index (χ2v) is 9.13. The Balaban J connectivity index is 1.58. The summed E-state index contributed by atoms with van der Waals surface area (Å²) in [6.07, 6.45) is 4.88. The minimum absolute atomic E-state index is 0.292. The minimum Gasteiger partial charge on any atom is -0.496 e. The van der Waals surface area contributed by atoms with Gasteiger partial charge in [0.15, 0.2) is 0 Å². The maximum absolute atomic E-state index is 12.6. The number of aryl methyl sites for hydroxylation is 3. The van der Waals surface area contributed by atoms with Crippen molar-refractivity contribution in [2.75, 3.05) is 13.7 Å². The molecule has 0 aliphatic heterocycles. The van der Waals surface area contributed by atoms with Crippen molar-refractivity contribution in [2.24, 2.45) is 0 Å². The fourth-order valence-electron chi connectivity index (χ4n) is 2.88. The number of rotatable bonds is 8. The van der Waals surface area contributed by atoms with Gasteiger partial charge in [0, 0.05) is 36.3 Å². The van der Waals surface area contributed by atoms with Crippen molar-refractivity contribution in [2.45, 2.75) is 31.6 Å². The standard InChI is InChI=1S/C20H23N3O3S2/c1-14-12-19(15(2)11-18(14)26-3)28(24,25)22-8-4-5-20-23-17(13-27-20)16-6-9-21-10-7-16/h6-7,9-13,22H,4-5,8H2,1-3H3. The maximum Gasteiger partial charge on any atom is 0.240 e. The largest absolute Gasteiger partial charge is 0.496 e. The molecule has 0 aliphatic rings. The highest BCUT2D eigenvalue weighted by atomic mass is 32.2. The quantitative estimate of drug-likeness (QED) is 0.565. The Hall–Kier alpha value is -2.29. The van der Waals surface area contributed by atoms with Crippen molar-refractivity contribution < 1.29 is 13.2 Å². The zero-order valence-electron chi connectivity index (χ0n) is 16.1. The summed E-state index contributed by atoms with van der Waals surface area (Å²) in [7, 11) is -1.98. The van der Waals surface area contributed by atoms with E-state index >= 15 is 0 Å². The number of nitrogens with zero attached hydrogens (tertiary/aromatic N) is 2. The molecular formula is C20H23N3O3S2. The molecule has 1 N–H and O–H groups in total. The molecule has 0 saturated carbocycles. The summed E-state index contributed by atoms with van der Waals surface area (Å²) in [4.78, 5) is 8.92. The highest BCUT2D eigenvalue weighted by Gasteiger charge is 2.18. The van der Waals surface area contributed by atoms with Gasteiger partial charge in [-0.25, -0.2) is 18.1 Å². The molecule has 0 aliphatic carbocycles. The average Bonchev–Trinajstić information content (AvgIpc) is 3.16. The van der Waals surface area contributed by atoms with Crippen molar-refractivity contribution >= 4 is 21.4 Å². The van der Waals surface area contributed by atoms with E-state index < -0.39 is 10.0 Å². The zero-order chi connectivity index (χ0) is 20.1. The molecule has 3 rings (SSSR count). The van der Waals surface area contributed by atoms with Crippen LogP contribution in [0.1, 0.15) is 22.6 Å². The lowest BCUT2D eigenvalue weighted by Crippen LogP contribution is -2.26. The predicted molar refractivity (Wildman–Crippen MR) is 111 cm³/mol. The Bertz CT molecular complexity index is 1050. The van der Waals surface area contributed by atoms with Crippen LogP contribution in [0.15, 0.2) is 46.9 Å². The number of aromatic nitrogens is 2. The molecule has 8 heteroatoms. The van der Waals surface area contributed by atoms with Crippen LogP contribution in [0, 0.1) is 13.8 Å². The molecule has 0 spiro atoms. The smallest absolute Gasteiger partial charge is 0.240 e. The fourth-order valence-corrected chi connectivity index (χ4v) is 5.11. The first-order chi connectivity index (χ1) is 13.4. The Morgan fingerprint density at radius 3 is 2.61 bits per heavy atom. The normalized spacial score (nSPS) is 11.5. The van der Waals surface area contributed by atoms with Crippen molar-refractivity contribution in [3.05, 3.63) is 58.2 Å². The molecule has 0 radical (unpaired) electrons. The fraction of sp³-hybridized carbons (Fsp3) is 0.300. The molecule has 148 valence electrons. The van der Waals surface area contributed by atoms with Gasteiger partial charge < -0.3 is 4.74 Å². The summed E-state index contributed by atoms with van der Waals surface area (Å²) in [5.41, 5.74) is 3.41. The third-order valence-corrected chi connectivity index (χ3v) is 6.88. The van der Waals surface area contributed by atoms with E-state index in [0.29, 0.717) is 29.2 Å². The van der Waals surface area contributed by atoms with E-state index in [1.165, 1.54) is 0 Å². The van der Waals surface area contributed by atoms with Gasteiger partial charge in [0.25, 0.3) is 0 Å². The number of hydrogen-bond donors (Lipinski definition) is 1. The number of hydrogen-bond acceptors (Lipinski definition) is 6. The third kappa shape index (κ3) is 4.76. The summed E-state index contributed by atoms with van der Waals surface area (Å²) >= 11 is 1.58. The van der Waals surface area contributed by atoms with Gasteiger partial charge in [-0.3, -0.25) is 4.98 Å². The van der Waals surface area contributed by atoms with E-state index in [4.69, 9.17) is 4.74 Å². The predicted octanol–water partition coefficient (Wildman–Crippen LogP) is 3.74. The van der Waals surface area contributed by atoms with Gasteiger partial charge in [0.2, 0.25) is 10.0 Å². The zero-order valence-corrected chi connectivity index (χ0v) is 17.7. The van der Waals surface area contributed by atoms with Gasteiger partial charge in [-0.15, -0.1) is 11.3 Å². The maximum atomic E-state index is 12.6. The lowest BCUT2D eigenvalue weighted by atomic mass is 10.1. The van der Waals surface area contributed by atoms with Crippen LogP contribution in [-0.4, -0.2) is 32.0 Å². The van der Waals surface area contributed by atoms with Gasteiger partial charge in [-0.2, -0.15) is 0 Å². The van der Waals surface area contributed by atoms with Crippen LogP contribution in [0.4, 0.5) is 0 Å². The molecule has 6 nitrogen and oxygen atoms in total. The number of benzene rings is 1. The summed E-state index contributed by atoms with van der Waals surface area (Å²) in [6, 6.07) is 7.25. The van der Waals surface area contributed by atoms with E-state index in [-0.39, 0.29) is 0 Å². The number of thiazole rings is 1. The molecule has 28 heavy (non-hydrogen) atoms. The molecule has 0 atom stereocenters. The molecule has 0 fully saturated rings. The first kappa shape index (κ1) is 20.4. The first-order valence-electron chi connectivity index (χ1n) is 8.90. The molecule has 2 heterocycles. The highest BCUT2D eigenvalue weighted by Crippen LogP contribution is 2.25. The van der Waals surface area contributed by atoms with Crippen LogP contribution in [0.5, 0.6) is 5.75 Å². The van der Waals surface area contributed by atoms with Crippen LogP contribution < -0.4 is 9.46 Å². The number of methoxy groups -OCH3 is 1. The first-order valence-corrected chi connectivity index (χ1v) is 11.3. The van der Waals surface area contributed by atoms with E-state index in [1.807, 2.05) is 24.4 Å². The van der Waals surface area contributed by atoms with Gasteiger partial charge in [-0.05, 0) is 55.7 Å². The minimum atomic E-state index is -3.56. The van der Waals surface area contributed by atoms with Crippen LogP contribution in [0.2, 0.25) is 0 Å². The van der Waals surface area contributed by atoms with E-state index in [9.17, 15) is 8.42 Å². The lowest BCUT2D eigenvalue weighted by Gasteiger charge is -2.12. The lowest BCUT2D eigenvalue weighted by molar-refractivity contribution is 0.411. The SMILES string of the molecule is COc1cc(C)c(S(=O)(=O)NCCCc2nc(-c3ccncc3)cs2)cc1C. The molecule has 0 amide bonds. The molecule has 0 unspecified atom stereocenters. The number of nitrogens with one attached hydrogen (secondary N) is 1. The van der Waals surface area contributed by atoms with Crippen LogP contribution in [-0.2, 0) is 16.4 Å². The number of sulfonamides is 1. The van der Waals surface area contributed by atoms with Gasteiger partial charge >= 0.3 is 0 Å². The summed E-state index contributed by atoms with van der Waals surface area (Å²) in [5, 5.41) is 3.00. The average molecular weight is 418 g/mol. The molecule has 1 aromatic carbocycles. The molecule has 0 saturated heterocycles. The number of pyridine rings is 1. The van der Waals surface area contributed by atoms with E-state index in [0.717, 1.165) is 28.2 Å². The van der Waals surface area contributed by atoms with Crippen LogP contribution in [0.25, 0.3) is 11.3 Å². The van der Waals surface area contributed by atoms with Crippen molar-refractivity contribution in [1.82, 2.24) is 14.7 Å². The van der Waals surface area contributed by atoms with Crippen molar-refractivity contribution in [3.8, 4) is 17.0 Å². The van der Waals surface area contributed by atoms with Crippen LogP contribution >= 0.6 is 11.3 Å². The van der Waals surface area contributed by atoms with Gasteiger partial charge in [-0.1, -0.05) is 0 Å². The van der Waals surface area contributed by atoms with Gasteiger partial charge in [0.1, 0.15) is 5.75 Å². The topological polar surface area (TPSA) is 81.2 Å². The van der Waals surface area contributed by atoms with Crippen LogP contribution in [0.3, 0.4) is 0 Å². The van der Waals surface area contributed by atoms with Crippen molar-refractivity contribution in [1.29, 1.82) is 0 Å². The monoisotopic (exact) mass is 417 g/mol. The molecule has 2 aromatic heterocycles. The molecule has 0 bridgehead atoms. The molecular weight excluding hydrogens is 394 g/mol. The Morgan fingerprint density at radius 1 is 1.14 bits per heavy atom. The Kier molecular flexibility index (Phi) is 6.43. The Labute approximate surface area is 169 Å². The Morgan fingerprint density at radius 2 is 1.89 bits per heavy atom. The van der Waals surface area contributed by atoms with Crippen molar-refractivity contribution in [3.63, 3.8) is 0 Å². The summed E-state index contributed by atoms with van der Waals surface area (Å²) in [6.45, 7) is 3.96. The third-order valence-electron chi connectivity index (χ3n) is 4.37. The summed E-state index contributed by atoms with van der Waals surface area (Å²) < 4.78 is 33.2.